The second-order valence-electron chi connectivity index (χ2n) is 7.78. The van der Waals surface area contributed by atoms with Gasteiger partial charge in [0.05, 0.1) is 17.0 Å². The highest BCUT2D eigenvalue weighted by molar-refractivity contribution is 6.02. The highest BCUT2D eigenvalue weighted by Gasteiger charge is 2.30. The summed E-state index contributed by atoms with van der Waals surface area (Å²) in [4.78, 5) is 40.5. The third kappa shape index (κ3) is 5.42. The van der Waals surface area contributed by atoms with E-state index in [1.807, 2.05) is 0 Å². The number of halogens is 3. The summed E-state index contributed by atoms with van der Waals surface area (Å²) in [5, 5.41) is 4.55. The van der Waals surface area contributed by atoms with Gasteiger partial charge in [0.25, 0.3) is 0 Å². The maximum Gasteiger partial charge on any atom is 0.416 e. The topological polar surface area (TPSA) is 110 Å². The van der Waals surface area contributed by atoms with Crippen molar-refractivity contribution < 1.29 is 22.8 Å². The average Bonchev–Trinajstić information content (AvgIpc) is 2.73. The van der Waals surface area contributed by atoms with Crippen LogP contribution in [0.25, 0.3) is 22.5 Å². The number of aromatic nitrogens is 4. The molecule has 0 bridgehead atoms. The summed E-state index contributed by atoms with van der Waals surface area (Å²) in [6.07, 6.45) is -0.298. The zero-order valence-corrected chi connectivity index (χ0v) is 17.4. The van der Waals surface area contributed by atoms with Crippen LogP contribution < -0.4 is 10.6 Å². The van der Waals surface area contributed by atoms with Crippen LogP contribution in [0.1, 0.15) is 26.3 Å². The third-order valence-electron chi connectivity index (χ3n) is 4.27. The molecule has 0 aliphatic heterocycles. The number of amides is 3. The van der Waals surface area contributed by atoms with Crippen LogP contribution in [0.4, 0.5) is 23.9 Å². The Morgan fingerprint density at radius 2 is 1.66 bits per heavy atom. The van der Waals surface area contributed by atoms with Crippen molar-refractivity contribution in [3.8, 4) is 22.5 Å². The number of urea groups is 1. The van der Waals surface area contributed by atoms with Crippen molar-refractivity contribution in [2.24, 2.45) is 5.41 Å². The predicted molar refractivity (Wildman–Crippen MR) is 110 cm³/mol. The summed E-state index contributed by atoms with van der Waals surface area (Å²) in [6, 6.07) is 5.16. The van der Waals surface area contributed by atoms with E-state index in [1.54, 1.807) is 26.8 Å². The van der Waals surface area contributed by atoms with Gasteiger partial charge >= 0.3 is 12.2 Å². The van der Waals surface area contributed by atoms with Crippen molar-refractivity contribution in [3.63, 3.8) is 0 Å². The fraction of sp³-hybridized carbons (Fsp3) is 0.238. The Labute approximate surface area is 181 Å². The molecule has 3 amide bonds. The van der Waals surface area contributed by atoms with E-state index in [0.717, 1.165) is 12.1 Å². The molecule has 8 nitrogen and oxygen atoms in total. The van der Waals surface area contributed by atoms with E-state index in [1.165, 1.54) is 30.9 Å². The van der Waals surface area contributed by atoms with Gasteiger partial charge in [-0.2, -0.15) is 13.2 Å². The van der Waals surface area contributed by atoms with E-state index in [9.17, 15) is 22.8 Å². The van der Waals surface area contributed by atoms with Crippen molar-refractivity contribution in [1.82, 2.24) is 25.3 Å². The van der Waals surface area contributed by atoms with Gasteiger partial charge in [-0.15, -0.1) is 0 Å². The fourth-order valence-electron chi connectivity index (χ4n) is 2.54. The first-order chi connectivity index (χ1) is 14.9. The number of benzene rings is 1. The summed E-state index contributed by atoms with van der Waals surface area (Å²) in [5.74, 6) is -0.646. The van der Waals surface area contributed by atoms with Gasteiger partial charge in [0.2, 0.25) is 11.9 Å². The SMILES string of the molecule is CC(C)(C)C(=O)NC(=O)Nc1ncc(-c2ccncn2)c(-c2ccc(C(F)(F)F)cc2)n1. The number of anilines is 1. The molecule has 0 fully saturated rings. The lowest BCUT2D eigenvalue weighted by Gasteiger charge is -2.17. The van der Waals surface area contributed by atoms with Crippen molar-refractivity contribution in [1.29, 1.82) is 0 Å². The van der Waals surface area contributed by atoms with Crippen LogP contribution in [0.15, 0.2) is 49.1 Å². The first kappa shape index (κ1) is 22.8. The Morgan fingerprint density at radius 3 is 2.22 bits per heavy atom. The maximum atomic E-state index is 12.9. The number of carbonyl (C=O) groups excluding carboxylic acids is 2. The minimum absolute atomic E-state index is 0.142. The molecular formula is C21H19F3N6O2. The van der Waals surface area contributed by atoms with Gasteiger partial charge in [-0.05, 0) is 18.2 Å². The molecule has 0 atom stereocenters. The molecule has 2 N–H and O–H groups in total. The summed E-state index contributed by atoms with van der Waals surface area (Å²) in [5.41, 5.74) is -0.149. The Hall–Kier alpha value is -3.89. The Morgan fingerprint density at radius 1 is 0.969 bits per heavy atom. The number of nitrogens with one attached hydrogen (secondary N) is 2. The van der Waals surface area contributed by atoms with Crippen LogP contribution in [0.2, 0.25) is 0 Å². The lowest BCUT2D eigenvalue weighted by Crippen LogP contribution is -2.41. The van der Waals surface area contributed by atoms with Crippen LogP contribution in [-0.4, -0.2) is 31.9 Å². The highest BCUT2D eigenvalue weighted by Crippen LogP contribution is 2.33. The number of alkyl halides is 3. The molecular weight excluding hydrogens is 425 g/mol. The quantitative estimate of drug-likeness (QED) is 0.623. The number of nitrogens with zero attached hydrogens (tertiary/aromatic N) is 4. The van der Waals surface area contributed by atoms with Crippen LogP contribution in [-0.2, 0) is 11.0 Å². The second kappa shape index (κ2) is 8.69. The van der Waals surface area contributed by atoms with Gasteiger partial charge in [0.15, 0.2) is 0 Å². The average molecular weight is 444 g/mol. The molecule has 2 heterocycles. The maximum absolute atomic E-state index is 12.9. The van der Waals surface area contributed by atoms with Gasteiger partial charge in [0, 0.05) is 28.9 Å². The molecule has 0 aliphatic rings. The van der Waals surface area contributed by atoms with E-state index < -0.39 is 29.1 Å². The van der Waals surface area contributed by atoms with E-state index in [4.69, 9.17) is 0 Å². The van der Waals surface area contributed by atoms with Crippen LogP contribution in [0.3, 0.4) is 0 Å². The third-order valence-corrected chi connectivity index (χ3v) is 4.27. The van der Waals surface area contributed by atoms with E-state index in [0.29, 0.717) is 16.8 Å². The number of hydrogen-bond acceptors (Lipinski definition) is 6. The molecule has 0 unspecified atom stereocenters. The fourth-order valence-corrected chi connectivity index (χ4v) is 2.54. The van der Waals surface area contributed by atoms with Crippen molar-refractivity contribution >= 4 is 17.9 Å². The number of rotatable bonds is 3. The number of hydrogen-bond donors (Lipinski definition) is 2. The lowest BCUT2D eigenvalue weighted by molar-refractivity contribution is -0.137. The molecule has 1 aromatic carbocycles. The predicted octanol–water partition coefficient (Wildman–Crippen LogP) is 4.31. The first-order valence-corrected chi connectivity index (χ1v) is 9.38. The van der Waals surface area contributed by atoms with Crippen LogP contribution in [0.5, 0.6) is 0 Å². The second-order valence-corrected chi connectivity index (χ2v) is 7.78. The largest absolute Gasteiger partial charge is 0.416 e. The van der Waals surface area contributed by atoms with Gasteiger partial charge < -0.3 is 0 Å². The Balaban J connectivity index is 1.97. The summed E-state index contributed by atoms with van der Waals surface area (Å²) >= 11 is 0. The zero-order chi connectivity index (χ0) is 23.5. The molecule has 3 rings (SSSR count). The van der Waals surface area contributed by atoms with Crippen LogP contribution >= 0.6 is 0 Å². The molecule has 32 heavy (non-hydrogen) atoms. The van der Waals surface area contributed by atoms with Crippen LogP contribution in [0, 0.1) is 5.41 Å². The summed E-state index contributed by atoms with van der Waals surface area (Å²) in [7, 11) is 0. The monoisotopic (exact) mass is 444 g/mol. The minimum atomic E-state index is -4.48. The van der Waals surface area contributed by atoms with Crippen molar-refractivity contribution in [2.75, 3.05) is 5.32 Å². The van der Waals surface area contributed by atoms with Gasteiger partial charge in [-0.25, -0.2) is 24.7 Å². The van der Waals surface area contributed by atoms with Gasteiger partial charge in [-0.3, -0.25) is 15.4 Å². The Kier molecular flexibility index (Phi) is 6.19. The van der Waals surface area contributed by atoms with E-state index >= 15 is 0 Å². The smallest absolute Gasteiger partial charge is 0.277 e. The Bertz CT molecular complexity index is 1130. The molecule has 0 radical (unpaired) electrons. The first-order valence-electron chi connectivity index (χ1n) is 9.38. The lowest BCUT2D eigenvalue weighted by atomic mass is 9.96. The molecule has 0 aliphatic carbocycles. The molecule has 0 spiro atoms. The number of imide groups is 1. The normalized spacial score (nSPS) is 11.7. The zero-order valence-electron chi connectivity index (χ0n) is 17.4. The molecule has 0 saturated carbocycles. The molecule has 166 valence electrons. The van der Waals surface area contributed by atoms with Gasteiger partial charge in [0.1, 0.15) is 6.33 Å². The number of carbonyl (C=O) groups is 2. The summed E-state index contributed by atoms with van der Waals surface area (Å²) < 4.78 is 38.8. The molecule has 11 heteroatoms. The van der Waals surface area contributed by atoms with E-state index in [2.05, 4.69) is 30.6 Å². The van der Waals surface area contributed by atoms with Crippen molar-refractivity contribution in [3.05, 3.63) is 54.6 Å². The van der Waals surface area contributed by atoms with E-state index in [-0.39, 0.29) is 11.6 Å². The van der Waals surface area contributed by atoms with Crippen molar-refractivity contribution in [2.45, 2.75) is 26.9 Å². The summed E-state index contributed by atoms with van der Waals surface area (Å²) in [6.45, 7) is 4.93. The molecule has 3 aromatic rings. The minimum Gasteiger partial charge on any atom is -0.277 e. The highest BCUT2D eigenvalue weighted by atomic mass is 19.4. The molecule has 2 aromatic heterocycles. The standard InChI is InChI=1S/C21H19F3N6O2/c1-20(2,3)17(31)29-19(32)30-18-26-10-14(15-8-9-25-11-27-15)16(28-18)12-4-6-13(7-5-12)21(22,23)24/h4-11H,1-3H3,(H2,26,28,29,30,31,32). The molecule has 0 saturated heterocycles. The van der Waals surface area contributed by atoms with Gasteiger partial charge in [-0.1, -0.05) is 32.9 Å².